The lowest BCUT2D eigenvalue weighted by Gasteiger charge is -2.20. The van der Waals surface area contributed by atoms with Gasteiger partial charge in [0.2, 0.25) is 11.2 Å². The van der Waals surface area contributed by atoms with E-state index < -0.39 is 0 Å². The summed E-state index contributed by atoms with van der Waals surface area (Å²) in [6.45, 7) is 1.41. The van der Waals surface area contributed by atoms with Gasteiger partial charge in [-0.15, -0.1) is 0 Å². The minimum Gasteiger partial charge on any atom is -0.493 e. The fraction of sp³-hybridized carbons (Fsp3) is 0.273. The van der Waals surface area contributed by atoms with E-state index in [0.717, 1.165) is 35.2 Å². The van der Waals surface area contributed by atoms with Gasteiger partial charge >= 0.3 is 0 Å². The van der Waals surface area contributed by atoms with Gasteiger partial charge in [0.25, 0.3) is 0 Å². The summed E-state index contributed by atoms with van der Waals surface area (Å²) in [5, 5.41) is 1.02. The highest BCUT2D eigenvalue weighted by atomic mass is 35.5. The quantitative estimate of drug-likeness (QED) is 0.435. The normalized spacial score (nSPS) is 16.1. The first kappa shape index (κ1) is 19.6. The summed E-state index contributed by atoms with van der Waals surface area (Å²) < 4.78 is 17.0. The van der Waals surface area contributed by atoms with E-state index in [0.29, 0.717) is 29.4 Å². The Morgan fingerprint density at radius 1 is 0.968 bits per heavy atom. The van der Waals surface area contributed by atoms with E-state index in [1.54, 1.807) is 26.5 Å². The Morgan fingerprint density at radius 3 is 2.55 bits per heavy atom. The van der Waals surface area contributed by atoms with E-state index in [1.807, 2.05) is 30.3 Å². The zero-order chi connectivity index (χ0) is 21.4. The first-order valence-electron chi connectivity index (χ1n) is 9.87. The molecule has 0 saturated carbocycles. The Bertz CT molecular complexity index is 1270. The van der Waals surface area contributed by atoms with Gasteiger partial charge in [0.05, 0.1) is 43.5 Å². The summed E-state index contributed by atoms with van der Waals surface area (Å²) in [5.74, 6) is 2.46. The summed E-state index contributed by atoms with van der Waals surface area (Å²) in [5.41, 5.74) is 2.34. The highest BCUT2D eigenvalue weighted by Gasteiger charge is 2.28. The third-order valence-corrected chi connectivity index (χ3v) is 5.48. The molecule has 5 rings (SSSR count). The summed E-state index contributed by atoms with van der Waals surface area (Å²) in [6.07, 6.45) is 2.45. The van der Waals surface area contributed by atoms with Crippen molar-refractivity contribution in [1.29, 1.82) is 0 Å². The number of rotatable bonds is 5. The van der Waals surface area contributed by atoms with Crippen LogP contribution in [0.3, 0.4) is 0 Å². The molecule has 2 aromatic carbocycles. The Hall–Kier alpha value is -3.39. The molecule has 4 aromatic rings. The van der Waals surface area contributed by atoms with Crippen molar-refractivity contribution in [3.63, 3.8) is 0 Å². The van der Waals surface area contributed by atoms with Crippen LogP contribution in [0.5, 0.6) is 17.4 Å². The van der Waals surface area contributed by atoms with Crippen molar-refractivity contribution in [2.75, 3.05) is 32.2 Å². The number of nitrogens with zero attached hydrogens (tertiary/aromatic N) is 5. The van der Waals surface area contributed by atoms with Crippen molar-refractivity contribution in [2.45, 2.75) is 12.5 Å². The second kappa shape index (κ2) is 8.03. The molecule has 3 heterocycles. The molecule has 0 spiro atoms. The molecule has 0 unspecified atom stereocenters. The third kappa shape index (κ3) is 3.74. The topological polar surface area (TPSA) is 82.5 Å². The van der Waals surface area contributed by atoms with E-state index in [2.05, 4.69) is 24.8 Å². The number of halogens is 1. The molecule has 0 N–H and O–H groups in total. The van der Waals surface area contributed by atoms with Gasteiger partial charge < -0.3 is 19.1 Å². The second-order valence-electron chi connectivity index (χ2n) is 7.21. The lowest BCUT2D eigenvalue weighted by molar-refractivity contribution is 0.216. The van der Waals surface area contributed by atoms with E-state index in [9.17, 15) is 0 Å². The molecule has 158 valence electrons. The molecular weight excluding hydrogens is 418 g/mol. The van der Waals surface area contributed by atoms with Crippen LogP contribution in [0.15, 0.2) is 42.6 Å². The minimum absolute atomic E-state index is 0.0422. The number of anilines is 1. The van der Waals surface area contributed by atoms with Crippen LogP contribution in [-0.4, -0.2) is 53.3 Å². The highest BCUT2D eigenvalue weighted by molar-refractivity contribution is 6.28. The van der Waals surface area contributed by atoms with E-state index in [-0.39, 0.29) is 11.4 Å². The summed E-state index contributed by atoms with van der Waals surface area (Å²) in [6, 6.07) is 11.4. The van der Waals surface area contributed by atoms with Gasteiger partial charge in [-0.3, -0.25) is 0 Å². The zero-order valence-electron chi connectivity index (χ0n) is 17.1. The van der Waals surface area contributed by atoms with Gasteiger partial charge in [-0.05, 0) is 29.8 Å². The minimum atomic E-state index is -0.0422. The number of ether oxygens (including phenoxy) is 3. The first-order valence-corrected chi connectivity index (χ1v) is 10.2. The average molecular weight is 438 g/mol. The smallest absolute Gasteiger partial charge is 0.233 e. The van der Waals surface area contributed by atoms with E-state index >= 15 is 0 Å². The van der Waals surface area contributed by atoms with Crippen molar-refractivity contribution >= 4 is 39.4 Å². The van der Waals surface area contributed by atoms with Crippen LogP contribution >= 0.6 is 11.6 Å². The van der Waals surface area contributed by atoms with Crippen LogP contribution in [0.4, 0.5) is 5.82 Å². The van der Waals surface area contributed by atoms with Crippen LogP contribution in [0.1, 0.15) is 6.42 Å². The number of para-hydroxylation sites is 2. The number of benzene rings is 2. The summed E-state index contributed by atoms with van der Waals surface area (Å²) >= 11 is 6.22. The second-order valence-corrected chi connectivity index (χ2v) is 7.55. The number of hydrogen-bond acceptors (Lipinski definition) is 8. The maximum atomic E-state index is 6.22. The molecule has 2 aromatic heterocycles. The van der Waals surface area contributed by atoms with Crippen LogP contribution in [0.2, 0.25) is 5.28 Å². The molecule has 1 saturated heterocycles. The number of fused-ring (bicyclic) bond motifs is 2. The third-order valence-electron chi connectivity index (χ3n) is 5.31. The first-order chi connectivity index (χ1) is 15.1. The Labute approximate surface area is 183 Å². The predicted molar refractivity (Wildman–Crippen MR) is 118 cm³/mol. The predicted octanol–water partition coefficient (Wildman–Crippen LogP) is 3.90. The zero-order valence-corrected chi connectivity index (χ0v) is 17.8. The van der Waals surface area contributed by atoms with E-state index in [4.69, 9.17) is 25.8 Å². The Kier molecular flexibility index (Phi) is 5.07. The van der Waals surface area contributed by atoms with Crippen LogP contribution in [0.25, 0.3) is 21.9 Å². The molecule has 0 bridgehead atoms. The molecule has 1 fully saturated rings. The fourth-order valence-corrected chi connectivity index (χ4v) is 4.01. The standard InChI is InChI=1S/C22H20ClN5O3/c1-29-18-9-14-17(10-19(18)30-2)26-22(23)27-21(14)28-8-7-13(12-28)31-20-11-24-15-5-3-4-6-16(15)25-20/h3-6,9-11,13H,7-8,12H2,1-2H3/t13-/m1/s1. The summed E-state index contributed by atoms with van der Waals surface area (Å²) in [7, 11) is 3.19. The Morgan fingerprint density at radius 2 is 1.74 bits per heavy atom. The fourth-order valence-electron chi connectivity index (χ4n) is 3.84. The molecule has 1 aliphatic heterocycles. The summed E-state index contributed by atoms with van der Waals surface area (Å²) in [4.78, 5) is 20.0. The van der Waals surface area contributed by atoms with Gasteiger partial charge in [-0.25, -0.2) is 15.0 Å². The molecule has 0 aliphatic carbocycles. The molecule has 9 heteroatoms. The Balaban J connectivity index is 1.42. The SMILES string of the molecule is COc1cc2nc(Cl)nc(N3CC[C@@H](Oc4cnc5ccccc5n4)C3)c2cc1OC. The van der Waals surface area contributed by atoms with Crippen LogP contribution < -0.4 is 19.1 Å². The van der Waals surface area contributed by atoms with Gasteiger partial charge in [-0.1, -0.05) is 12.1 Å². The molecular formula is C22H20ClN5O3. The molecule has 31 heavy (non-hydrogen) atoms. The van der Waals surface area contributed by atoms with Gasteiger partial charge in [0, 0.05) is 24.4 Å². The van der Waals surface area contributed by atoms with Crippen molar-refractivity contribution in [3.05, 3.63) is 47.9 Å². The monoisotopic (exact) mass is 437 g/mol. The number of hydrogen-bond donors (Lipinski definition) is 0. The number of methoxy groups -OCH3 is 2. The molecule has 1 aliphatic rings. The van der Waals surface area contributed by atoms with Gasteiger partial charge in [0.15, 0.2) is 11.5 Å². The highest BCUT2D eigenvalue weighted by Crippen LogP contribution is 2.36. The molecule has 8 nitrogen and oxygen atoms in total. The van der Waals surface area contributed by atoms with Crippen molar-refractivity contribution in [1.82, 2.24) is 19.9 Å². The maximum absolute atomic E-state index is 6.22. The molecule has 1 atom stereocenters. The maximum Gasteiger partial charge on any atom is 0.233 e. The van der Waals surface area contributed by atoms with Crippen molar-refractivity contribution < 1.29 is 14.2 Å². The van der Waals surface area contributed by atoms with Gasteiger partial charge in [0.1, 0.15) is 11.9 Å². The van der Waals surface area contributed by atoms with Crippen LogP contribution in [0, 0.1) is 0 Å². The lowest BCUT2D eigenvalue weighted by Crippen LogP contribution is -2.26. The largest absolute Gasteiger partial charge is 0.493 e. The van der Waals surface area contributed by atoms with Crippen LogP contribution in [-0.2, 0) is 0 Å². The van der Waals surface area contributed by atoms with Crippen molar-refractivity contribution in [2.24, 2.45) is 0 Å². The molecule has 0 radical (unpaired) electrons. The van der Waals surface area contributed by atoms with Crippen molar-refractivity contribution in [3.8, 4) is 17.4 Å². The lowest BCUT2D eigenvalue weighted by atomic mass is 10.2. The number of aromatic nitrogens is 4. The average Bonchev–Trinajstić information content (AvgIpc) is 3.25. The molecule has 0 amide bonds. The van der Waals surface area contributed by atoms with Gasteiger partial charge in [-0.2, -0.15) is 4.98 Å². The van der Waals surface area contributed by atoms with E-state index in [1.165, 1.54) is 0 Å².